The van der Waals surface area contributed by atoms with Crippen LogP contribution in [-0.2, 0) is 25.8 Å². The van der Waals surface area contributed by atoms with Crippen LogP contribution in [0.5, 0.6) is 0 Å². The summed E-state index contributed by atoms with van der Waals surface area (Å²) < 4.78 is 28.1. The molecule has 0 saturated carbocycles. The van der Waals surface area contributed by atoms with Crippen LogP contribution in [0.15, 0.2) is 24.3 Å². The molecule has 2 aromatic rings. The second-order valence-electron chi connectivity index (χ2n) is 6.67. The van der Waals surface area contributed by atoms with E-state index in [0.29, 0.717) is 29.3 Å². The molecule has 0 unspecified atom stereocenters. The monoisotopic (exact) mass is 390 g/mol. The Bertz CT molecular complexity index is 1000. The van der Waals surface area contributed by atoms with Crippen LogP contribution in [0.25, 0.3) is 10.9 Å². The van der Waals surface area contributed by atoms with Crippen molar-refractivity contribution in [2.24, 2.45) is 0 Å². The summed E-state index contributed by atoms with van der Waals surface area (Å²) in [5.74, 6) is -1.09. The molecule has 0 radical (unpaired) electrons. The van der Waals surface area contributed by atoms with E-state index < -0.39 is 34.4 Å². The van der Waals surface area contributed by atoms with Gasteiger partial charge < -0.3 is 10.1 Å². The van der Waals surface area contributed by atoms with Gasteiger partial charge in [-0.25, -0.2) is 13.2 Å². The summed E-state index contributed by atoms with van der Waals surface area (Å²) in [7, 11) is -3.08. The zero-order valence-electron chi connectivity index (χ0n) is 15.3. The van der Waals surface area contributed by atoms with Crippen molar-refractivity contribution in [1.29, 1.82) is 0 Å². The van der Waals surface area contributed by atoms with Gasteiger partial charge in [-0.1, -0.05) is 25.1 Å². The maximum atomic E-state index is 12.7. The first kappa shape index (κ1) is 19.3. The van der Waals surface area contributed by atoms with Crippen LogP contribution in [0.1, 0.15) is 35.0 Å². The van der Waals surface area contributed by atoms with E-state index in [-0.39, 0.29) is 11.5 Å². The van der Waals surface area contributed by atoms with Gasteiger partial charge in [-0.05, 0) is 31.4 Å². The first-order valence-corrected chi connectivity index (χ1v) is 10.7. The molecule has 1 aliphatic heterocycles. The van der Waals surface area contributed by atoms with Gasteiger partial charge in [0.15, 0.2) is 16.4 Å². The Hall–Kier alpha value is -2.48. The molecule has 144 valence electrons. The molecule has 1 fully saturated rings. The van der Waals surface area contributed by atoms with Gasteiger partial charge in [0.1, 0.15) is 0 Å². The molecule has 1 aromatic heterocycles. The number of sulfone groups is 1. The summed E-state index contributed by atoms with van der Waals surface area (Å²) >= 11 is 0. The Morgan fingerprint density at radius 2 is 2.04 bits per heavy atom. The number of amides is 1. The number of hydrogen-bond donors (Lipinski definition) is 1. The average Bonchev–Trinajstić information content (AvgIpc) is 2.97. The van der Waals surface area contributed by atoms with E-state index in [1.807, 2.05) is 32.0 Å². The van der Waals surface area contributed by atoms with Crippen molar-refractivity contribution in [3.63, 3.8) is 0 Å². The fraction of sp³-hybridized carbons (Fsp3) is 0.421. The van der Waals surface area contributed by atoms with Crippen LogP contribution in [0, 0.1) is 6.92 Å². The van der Waals surface area contributed by atoms with Gasteiger partial charge in [-0.15, -0.1) is 0 Å². The lowest BCUT2D eigenvalue weighted by Gasteiger charge is -2.14. The number of nitrogens with zero attached hydrogens (tertiary/aromatic N) is 1. The summed E-state index contributed by atoms with van der Waals surface area (Å²) in [6.45, 7) is 3.33. The van der Waals surface area contributed by atoms with Crippen molar-refractivity contribution in [3.8, 4) is 0 Å². The maximum Gasteiger partial charge on any atom is 0.339 e. The molecule has 1 amide bonds. The first-order chi connectivity index (χ1) is 12.8. The van der Waals surface area contributed by atoms with Gasteiger partial charge in [0.25, 0.3) is 5.91 Å². The van der Waals surface area contributed by atoms with Gasteiger partial charge in [0.2, 0.25) is 0 Å². The third kappa shape index (κ3) is 4.27. The predicted molar refractivity (Wildman–Crippen MR) is 101 cm³/mol. The number of fused-ring (bicyclic) bond motifs is 1. The van der Waals surface area contributed by atoms with Crippen molar-refractivity contribution in [2.45, 2.75) is 32.7 Å². The number of ether oxygens (including phenoxy) is 1. The molecule has 0 spiro atoms. The minimum Gasteiger partial charge on any atom is -0.452 e. The number of nitrogens with one attached hydrogen (secondary N) is 1. The van der Waals surface area contributed by atoms with Crippen molar-refractivity contribution < 1.29 is 22.7 Å². The number of aromatic nitrogens is 1. The molecule has 1 saturated heterocycles. The molecule has 0 aliphatic carbocycles. The Kier molecular flexibility index (Phi) is 5.46. The Balaban J connectivity index is 1.73. The van der Waals surface area contributed by atoms with Crippen LogP contribution >= 0.6 is 0 Å². The zero-order chi connectivity index (χ0) is 19.6. The smallest absolute Gasteiger partial charge is 0.339 e. The SMILES string of the molecule is CCc1nc2ccccc2c(C(=O)OCC(=O)N[C@@H]2CCS(=O)(=O)C2)c1C. The highest BCUT2D eigenvalue weighted by Crippen LogP contribution is 2.24. The number of para-hydroxylation sites is 1. The van der Waals surface area contributed by atoms with Gasteiger partial charge in [-0.2, -0.15) is 0 Å². The number of benzene rings is 1. The van der Waals surface area contributed by atoms with Gasteiger partial charge in [0, 0.05) is 17.1 Å². The summed E-state index contributed by atoms with van der Waals surface area (Å²) in [5.41, 5.74) is 2.66. The molecule has 7 nitrogen and oxygen atoms in total. The third-order valence-corrected chi connectivity index (χ3v) is 6.48. The molecule has 0 bridgehead atoms. The van der Waals surface area contributed by atoms with Gasteiger partial charge in [0.05, 0.1) is 22.6 Å². The molecule has 2 heterocycles. The average molecular weight is 390 g/mol. The highest BCUT2D eigenvalue weighted by Gasteiger charge is 2.29. The van der Waals surface area contributed by atoms with E-state index in [4.69, 9.17) is 4.74 Å². The molecule has 3 rings (SSSR count). The molecular weight excluding hydrogens is 368 g/mol. The molecule has 27 heavy (non-hydrogen) atoms. The van der Waals surface area contributed by atoms with Crippen LogP contribution in [0.2, 0.25) is 0 Å². The lowest BCUT2D eigenvalue weighted by atomic mass is 10.0. The largest absolute Gasteiger partial charge is 0.452 e. The highest BCUT2D eigenvalue weighted by atomic mass is 32.2. The minimum atomic E-state index is -3.08. The summed E-state index contributed by atoms with van der Waals surface area (Å²) in [6, 6.07) is 6.88. The van der Waals surface area contributed by atoms with E-state index in [2.05, 4.69) is 10.3 Å². The van der Waals surface area contributed by atoms with E-state index in [0.717, 1.165) is 11.3 Å². The summed E-state index contributed by atoms with van der Waals surface area (Å²) in [5, 5.41) is 3.29. The van der Waals surface area contributed by atoms with Crippen molar-refractivity contribution in [3.05, 3.63) is 41.1 Å². The van der Waals surface area contributed by atoms with E-state index in [1.165, 1.54) is 0 Å². The number of rotatable bonds is 5. The minimum absolute atomic E-state index is 0.0688. The summed E-state index contributed by atoms with van der Waals surface area (Å²) in [6.07, 6.45) is 1.06. The number of carbonyl (C=O) groups excluding carboxylic acids is 2. The number of aryl methyl sites for hydroxylation is 1. The Labute approximate surface area is 158 Å². The summed E-state index contributed by atoms with van der Waals surface area (Å²) in [4.78, 5) is 29.3. The fourth-order valence-electron chi connectivity index (χ4n) is 3.35. The topological polar surface area (TPSA) is 102 Å². The second-order valence-corrected chi connectivity index (χ2v) is 8.90. The molecule has 1 atom stereocenters. The second kappa shape index (κ2) is 7.64. The van der Waals surface area contributed by atoms with Crippen LogP contribution < -0.4 is 5.32 Å². The number of hydrogen-bond acceptors (Lipinski definition) is 6. The van der Waals surface area contributed by atoms with Crippen LogP contribution in [0.4, 0.5) is 0 Å². The van der Waals surface area contributed by atoms with Crippen molar-refractivity contribution in [1.82, 2.24) is 10.3 Å². The number of pyridine rings is 1. The van der Waals surface area contributed by atoms with E-state index >= 15 is 0 Å². The standard InChI is InChI=1S/C19H22N2O5S/c1-3-15-12(2)18(14-6-4-5-7-16(14)21-15)19(23)26-10-17(22)20-13-8-9-27(24,25)11-13/h4-7,13H,3,8-11H2,1-2H3,(H,20,22)/t13-/m1/s1. The normalized spacial score (nSPS) is 18.4. The van der Waals surface area contributed by atoms with Crippen LogP contribution in [-0.4, -0.2) is 49.4 Å². The molecule has 8 heteroatoms. The molecule has 1 N–H and O–H groups in total. The molecule has 1 aliphatic rings. The van der Waals surface area contributed by atoms with E-state index in [1.54, 1.807) is 6.07 Å². The Morgan fingerprint density at radius 3 is 2.70 bits per heavy atom. The maximum absolute atomic E-state index is 12.7. The third-order valence-electron chi connectivity index (χ3n) is 4.71. The van der Waals surface area contributed by atoms with Crippen molar-refractivity contribution >= 4 is 32.6 Å². The van der Waals surface area contributed by atoms with Crippen molar-refractivity contribution in [2.75, 3.05) is 18.1 Å². The lowest BCUT2D eigenvalue weighted by molar-refractivity contribution is -0.124. The van der Waals surface area contributed by atoms with Gasteiger partial charge in [-0.3, -0.25) is 9.78 Å². The zero-order valence-corrected chi connectivity index (χ0v) is 16.1. The number of esters is 1. The fourth-order valence-corrected chi connectivity index (χ4v) is 5.02. The molecular formula is C19H22N2O5S. The predicted octanol–water partition coefficient (Wildman–Crippen LogP) is 1.57. The lowest BCUT2D eigenvalue weighted by Crippen LogP contribution is -2.38. The quantitative estimate of drug-likeness (QED) is 0.778. The van der Waals surface area contributed by atoms with E-state index in [9.17, 15) is 18.0 Å². The van der Waals surface area contributed by atoms with Crippen LogP contribution in [0.3, 0.4) is 0 Å². The highest BCUT2D eigenvalue weighted by molar-refractivity contribution is 7.91. The van der Waals surface area contributed by atoms with Gasteiger partial charge >= 0.3 is 5.97 Å². The Morgan fingerprint density at radius 1 is 1.30 bits per heavy atom. The number of carbonyl (C=O) groups is 2. The molecule has 1 aromatic carbocycles. The first-order valence-electron chi connectivity index (χ1n) is 8.86.